The molecule has 0 saturated heterocycles. The number of halogens is 3. The van der Waals surface area contributed by atoms with Crippen LogP contribution >= 0.6 is 0 Å². The standard InChI is InChI=1S/C13H13F3N2O/c14-13(15,16)8-12(19)18-9-11-5-2-1-4-10(11)6-3-7-17/h1-2,4-5H,7-9,17H2,(H,18,19). The van der Waals surface area contributed by atoms with Crippen molar-refractivity contribution in [2.45, 2.75) is 19.1 Å². The first kappa shape index (κ1) is 15.1. The molecule has 0 unspecified atom stereocenters. The van der Waals surface area contributed by atoms with Crippen LogP contribution in [0.5, 0.6) is 0 Å². The van der Waals surface area contributed by atoms with Gasteiger partial charge in [0, 0.05) is 12.1 Å². The molecule has 0 atom stereocenters. The van der Waals surface area contributed by atoms with Gasteiger partial charge in [0.1, 0.15) is 6.42 Å². The molecular formula is C13H13F3N2O. The van der Waals surface area contributed by atoms with Crippen molar-refractivity contribution >= 4 is 5.91 Å². The minimum absolute atomic E-state index is 0.00430. The van der Waals surface area contributed by atoms with Gasteiger partial charge in [-0.05, 0) is 11.6 Å². The molecule has 0 aliphatic carbocycles. The summed E-state index contributed by atoms with van der Waals surface area (Å²) in [6, 6.07) is 6.88. The molecule has 1 aromatic carbocycles. The van der Waals surface area contributed by atoms with Crippen molar-refractivity contribution in [3.05, 3.63) is 35.4 Å². The summed E-state index contributed by atoms with van der Waals surface area (Å²) in [5.41, 5.74) is 6.54. The maximum absolute atomic E-state index is 12.0. The Morgan fingerprint density at radius 3 is 2.63 bits per heavy atom. The Kier molecular flexibility index (Phi) is 5.39. The molecular weight excluding hydrogens is 257 g/mol. The summed E-state index contributed by atoms with van der Waals surface area (Å²) in [6.07, 6.45) is -5.98. The Labute approximate surface area is 109 Å². The van der Waals surface area contributed by atoms with Crippen molar-refractivity contribution in [1.29, 1.82) is 0 Å². The third-order valence-electron chi connectivity index (χ3n) is 2.18. The molecule has 6 heteroatoms. The van der Waals surface area contributed by atoms with Crippen LogP contribution < -0.4 is 11.1 Å². The number of carbonyl (C=O) groups is 1. The van der Waals surface area contributed by atoms with E-state index in [9.17, 15) is 18.0 Å². The van der Waals surface area contributed by atoms with Gasteiger partial charge in [0.25, 0.3) is 0 Å². The summed E-state index contributed by atoms with van der Waals surface area (Å²) in [5.74, 6) is 4.39. The number of nitrogens with two attached hydrogens (primary N) is 1. The number of benzene rings is 1. The third-order valence-corrected chi connectivity index (χ3v) is 2.18. The Bertz CT molecular complexity index is 501. The summed E-state index contributed by atoms with van der Waals surface area (Å²) >= 11 is 0. The Morgan fingerprint density at radius 1 is 1.32 bits per heavy atom. The highest BCUT2D eigenvalue weighted by molar-refractivity contribution is 5.76. The van der Waals surface area contributed by atoms with E-state index in [0.29, 0.717) is 11.1 Å². The van der Waals surface area contributed by atoms with E-state index >= 15 is 0 Å². The van der Waals surface area contributed by atoms with Crippen LogP contribution in [-0.2, 0) is 11.3 Å². The minimum Gasteiger partial charge on any atom is -0.352 e. The molecule has 0 aromatic heterocycles. The molecule has 3 nitrogen and oxygen atoms in total. The topological polar surface area (TPSA) is 55.1 Å². The van der Waals surface area contributed by atoms with Crippen LogP contribution in [0.1, 0.15) is 17.5 Å². The minimum atomic E-state index is -4.50. The lowest BCUT2D eigenvalue weighted by Crippen LogP contribution is -2.28. The van der Waals surface area contributed by atoms with Crippen LogP contribution in [0.3, 0.4) is 0 Å². The fourth-order valence-electron chi connectivity index (χ4n) is 1.38. The normalized spacial score (nSPS) is 10.5. The van der Waals surface area contributed by atoms with E-state index in [4.69, 9.17) is 5.73 Å². The summed E-state index contributed by atoms with van der Waals surface area (Å²) in [5, 5.41) is 2.21. The van der Waals surface area contributed by atoms with E-state index in [0.717, 1.165) is 0 Å². The van der Waals surface area contributed by atoms with Crippen molar-refractivity contribution in [3.63, 3.8) is 0 Å². The van der Waals surface area contributed by atoms with Crippen LogP contribution in [0.2, 0.25) is 0 Å². The lowest BCUT2D eigenvalue weighted by molar-refractivity contribution is -0.153. The fourth-order valence-corrected chi connectivity index (χ4v) is 1.38. The van der Waals surface area contributed by atoms with Crippen LogP contribution in [0.4, 0.5) is 13.2 Å². The lowest BCUT2D eigenvalue weighted by Gasteiger charge is -2.09. The zero-order chi connectivity index (χ0) is 14.3. The smallest absolute Gasteiger partial charge is 0.352 e. The van der Waals surface area contributed by atoms with Gasteiger partial charge in [0.2, 0.25) is 5.91 Å². The molecule has 0 aliphatic heterocycles. The van der Waals surface area contributed by atoms with Gasteiger partial charge in [-0.3, -0.25) is 4.79 Å². The molecule has 3 N–H and O–H groups in total. The number of amides is 1. The SMILES string of the molecule is NCC#Cc1ccccc1CNC(=O)CC(F)(F)F. The molecule has 102 valence electrons. The van der Waals surface area contributed by atoms with Crippen LogP contribution in [0.25, 0.3) is 0 Å². The second-order valence-electron chi connectivity index (χ2n) is 3.73. The fraction of sp³-hybridized carbons (Fsp3) is 0.308. The quantitative estimate of drug-likeness (QED) is 0.819. The second-order valence-corrected chi connectivity index (χ2v) is 3.73. The molecule has 0 heterocycles. The molecule has 19 heavy (non-hydrogen) atoms. The number of hydrogen-bond acceptors (Lipinski definition) is 2. The summed E-state index contributed by atoms with van der Waals surface area (Å²) in [4.78, 5) is 11.1. The number of hydrogen-bond donors (Lipinski definition) is 2. The van der Waals surface area contributed by atoms with Gasteiger partial charge in [-0.25, -0.2) is 0 Å². The van der Waals surface area contributed by atoms with E-state index in [1.54, 1.807) is 24.3 Å². The van der Waals surface area contributed by atoms with Gasteiger partial charge in [0.05, 0.1) is 6.54 Å². The van der Waals surface area contributed by atoms with Gasteiger partial charge in [-0.15, -0.1) is 0 Å². The summed E-state index contributed by atoms with van der Waals surface area (Å²) in [7, 11) is 0. The third kappa shape index (κ3) is 5.93. The first-order valence-electron chi connectivity index (χ1n) is 5.52. The number of alkyl halides is 3. The van der Waals surface area contributed by atoms with Gasteiger partial charge in [-0.1, -0.05) is 30.0 Å². The van der Waals surface area contributed by atoms with E-state index in [2.05, 4.69) is 17.2 Å². The van der Waals surface area contributed by atoms with E-state index < -0.39 is 18.5 Å². The molecule has 0 fully saturated rings. The monoisotopic (exact) mass is 270 g/mol. The van der Waals surface area contributed by atoms with Crippen molar-refractivity contribution in [1.82, 2.24) is 5.32 Å². The van der Waals surface area contributed by atoms with Crippen molar-refractivity contribution in [2.75, 3.05) is 6.54 Å². The van der Waals surface area contributed by atoms with Crippen LogP contribution in [0.15, 0.2) is 24.3 Å². The molecule has 1 rings (SSSR count). The molecule has 1 aromatic rings. The van der Waals surface area contributed by atoms with Gasteiger partial charge >= 0.3 is 6.18 Å². The zero-order valence-corrected chi connectivity index (χ0v) is 10.1. The number of rotatable bonds is 3. The largest absolute Gasteiger partial charge is 0.397 e. The molecule has 0 saturated carbocycles. The average molecular weight is 270 g/mol. The first-order valence-corrected chi connectivity index (χ1v) is 5.52. The molecule has 0 spiro atoms. The van der Waals surface area contributed by atoms with Crippen molar-refractivity contribution < 1.29 is 18.0 Å². The molecule has 0 aliphatic rings. The predicted molar refractivity (Wildman–Crippen MR) is 64.9 cm³/mol. The molecule has 1 amide bonds. The van der Waals surface area contributed by atoms with Crippen LogP contribution in [0, 0.1) is 11.8 Å². The van der Waals surface area contributed by atoms with E-state index in [1.165, 1.54) is 0 Å². The lowest BCUT2D eigenvalue weighted by atomic mass is 10.1. The van der Waals surface area contributed by atoms with Crippen molar-refractivity contribution in [2.24, 2.45) is 5.73 Å². The van der Waals surface area contributed by atoms with Gasteiger partial charge in [-0.2, -0.15) is 13.2 Å². The first-order chi connectivity index (χ1) is 8.92. The van der Waals surface area contributed by atoms with E-state index in [-0.39, 0.29) is 13.1 Å². The van der Waals surface area contributed by atoms with Gasteiger partial charge < -0.3 is 11.1 Å². The zero-order valence-electron chi connectivity index (χ0n) is 10.1. The number of carbonyl (C=O) groups excluding carboxylic acids is 1. The Morgan fingerprint density at radius 2 is 2.00 bits per heavy atom. The summed E-state index contributed by atoms with van der Waals surface area (Å²) in [6.45, 7) is 0.194. The summed E-state index contributed by atoms with van der Waals surface area (Å²) < 4.78 is 35.9. The molecule has 0 radical (unpaired) electrons. The maximum Gasteiger partial charge on any atom is 0.397 e. The highest BCUT2D eigenvalue weighted by Gasteiger charge is 2.30. The second kappa shape index (κ2) is 6.81. The van der Waals surface area contributed by atoms with E-state index in [1.807, 2.05) is 0 Å². The predicted octanol–water partition coefficient (Wildman–Crippen LogP) is 1.57. The Balaban J connectivity index is 2.65. The highest BCUT2D eigenvalue weighted by Crippen LogP contribution is 2.19. The molecule has 0 bridgehead atoms. The van der Waals surface area contributed by atoms with Crippen LogP contribution in [-0.4, -0.2) is 18.6 Å². The number of nitrogens with one attached hydrogen (secondary N) is 1. The average Bonchev–Trinajstić information content (AvgIpc) is 2.32. The highest BCUT2D eigenvalue weighted by atomic mass is 19.4. The Hall–Kier alpha value is -2.00. The maximum atomic E-state index is 12.0. The van der Waals surface area contributed by atoms with Crippen molar-refractivity contribution in [3.8, 4) is 11.8 Å². The van der Waals surface area contributed by atoms with Gasteiger partial charge in [0.15, 0.2) is 0 Å².